The van der Waals surface area contributed by atoms with Crippen molar-refractivity contribution in [2.24, 2.45) is 33.7 Å². The first kappa shape index (κ1) is 37.8. The number of fused-ring (bicyclic) bond motifs is 5. The number of halogens is 1. The number of nitrogens with zero attached hydrogens (tertiary/aromatic N) is 2. The quantitative estimate of drug-likeness (QED) is 0.0682. The topological polar surface area (TPSA) is 157 Å². The maximum Gasteiger partial charge on any atom is 0.242 e. The normalized spacial score (nSPS) is 38.6. The van der Waals surface area contributed by atoms with E-state index in [0.29, 0.717) is 51.5 Å². The molecule has 0 aromatic carbocycles. The van der Waals surface area contributed by atoms with Gasteiger partial charge in [0.1, 0.15) is 12.2 Å². The molecule has 12 heteroatoms. The number of hydrogen-bond acceptors (Lipinski definition) is 9. The molecule has 49 heavy (non-hydrogen) atoms. The number of rotatable bonds is 14. The maximum atomic E-state index is 17.7. The number of nitrogens with one attached hydrogen (secondary N) is 1. The Morgan fingerprint density at radius 3 is 2.65 bits per heavy atom. The van der Waals surface area contributed by atoms with Gasteiger partial charge in [0.05, 0.1) is 17.6 Å². The molecule has 0 aromatic heterocycles. The van der Waals surface area contributed by atoms with E-state index in [-0.39, 0.29) is 48.2 Å². The zero-order chi connectivity index (χ0) is 35.8. The van der Waals surface area contributed by atoms with Gasteiger partial charge in [-0.1, -0.05) is 51.3 Å². The minimum Gasteiger partial charge on any atom is -0.390 e. The van der Waals surface area contributed by atoms with E-state index in [2.05, 4.69) is 17.5 Å². The third-order valence-electron chi connectivity index (χ3n) is 12.7. The molecule has 1 aliphatic heterocycles. The molecule has 0 bridgehead atoms. The number of thioether (sulfide) groups is 1. The number of allylic oxidation sites excluding steroid dienone is 4. The van der Waals surface area contributed by atoms with Gasteiger partial charge in [-0.05, 0) is 81.5 Å². The summed E-state index contributed by atoms with van der Waals surface area (Å²) in [6.07, 6.45) is 10.2. The van der Waals surface area contributed by atoms with Gasteiger partial charge in [0.15, 0.2) is 11.5 Å². The third kappa shape index (κ3) is 6.26. The summed E-state index contributed by atoms with van der Waals surface area (Å²) in [4.78, 5) is 51.7. The second kappa shape index (κ2) is 14.7. The minimum absolute atomic E-state index is 0.0966. The van der Waals surface area contributed by atoms with Crippen molar-refractivity contribution in [2.75, 3.05) is 18.9 Å². The molecule has 4 fully saturated rings. The average Bonchev–Trinajstić information content (AvgIpc) is 3.44. The summed E-state index contributed by atoms with van der Waals surface area (Å²) in [5.41, 5.74) is -1.90. The SMILES string of the molecule is CCCCSC1CC(=O)N(CCCCCC(=O)N/N=C\C2=C3CC[C@H]4[C@@H]5C[C@@H](C)[C@](O)(C(=O)CO)[C@@]5(C)C[C@H](O)[C@]4(F)[C@@]3(C)C=CC2)C1=O. The molecule has 0 aromatic rings. The summed E-state index contributed by atoms with van der Waals surface area (Å²) in [6.45, 7) is 7.00. The monoisotopic (exact) mass is 703 g/mol. The number of amides is 3. The van der Waals surface area contributed by atoms with E-state index in [1.54, 1.807) is 38.7 Å². The Kier molecular flexibility index (Phi) is 11.3. The van der Waals surface area contributed by atoms with Gasteiger partial charge in [0.25, 0.3) is 0 Å². The van der Waals surface area contributed by atoms with E-state index >= 15 is 4.39 Å². The lowest BCUT2D eigenvalue weighted by atomic mass is 9.44. The lowest BCUT2D eigenvalue weighted by molar-refractivity contribution is -0.219. The van der Waals surface area contributed by atoms with Crippen LogP contribution in [0.4, 0.5) is 4.39 Å². The summed E-state index contributed by atoms with van der Waals surface area (Å²) in [5.74, 6) is -1.72. The molecule has 1 heterocycles. The van der Waals surface area contributed by atoms with Crippen molar-refractivity contribution in [3.05, 3.63) is 23.3 Å². The summed E-state index contributed by atoms with van der Waals surface area (Å²) in [6, 6.07) is 0. The minimum atomic E-state index is -2.05. The van der Waals surface area contributed by atoms with Crippen molar-refractivity contribution in [1.29, 1.82) is 0 Å². The molecule has 272 valence electrons. The van der Waals surface area contributed by atoms with Crippen LogP contribution >= 0.6 is 11.8 Å². The Morgan fingerprint density at radius 2 is 1.94 bits per heavy atom. The second-order valence-electron chi connectivity index (χ2n) is 15.4. The number of aliphatic hydroxyl groups excluding tert-OH is 2. The first-order chi connectivity index (χ1) is 23.2. The van der Waals surface area contributed by atoms with E-state index in [1.807, 2.05) is 12.2 Å². The largest absolute Gasteiger partial charge is 0.390 e. The summed E-state index contributed by atoms with van der Waals surface area (Å²) in [5, 5.41) is 36.9. The Labute approximate surface area is 293 Å². The zero-order valence-electron chi connectivity index (χ0n) is 29.4. The molecule has 4 aliphatic carbocycles. The lowest BCUT2D eigenvalue weighted by Crippen LogP contribution is -2.69. The number of carbonyl (C=O) groups is 4. The predicted octanol–water partition coefficient (Wildman–Crippen LogP) is 4.41. The molecule has 3 saturated carbocycles. The van der Waals surface area contributed by atoms with Crippen LogP contribution in [0.1, 0.15) is 105 Å². The van der Waals surface area contributed by atoms with Crippen LogP contribution in [0.25, 0.3) is 0 Å². The molecule has 0 spiro atoms. The molecule has 5 aliphatic rings. The molecule has 5 rings (SSSR count). The molecule has 0 radical (unpaired) electrons. The summed E-state index contributed by atoms with van der Waals surface area (Å²) >= 11 is 1.56. The molecule has 9 atom stereocenters. The van der Waals surface area contributed by atoms with Crippen LogP contribution in [0.5, 0.6) is 0 Å². The lowest BCUT2D eigenvalue weighted by Gasteiger charge is -2.63. The van der Waals surface area contributed by atoms with Crippen LogP contribution in [-0.2, 0) is 19.2 Å². The van der Waals surface area contributed by atoms with Gasteiger partial charge >= 0.3 is 0 Å². The molecule has 1 unspecified atom stereocenters. The molecule has 10 nitrogen and oxygen atoms in total. The molecular formula is C37H54FN3O7S. The third-order valence-corrected chi connectivity index (χ3v) is 14.0. The van der Waals surface area contributed by atoms with Crippen LogP contribution in [0.15, 0.2) is 28.4 Å². The highest BCUT2D eigenvalue weighted by atomic mass is 32.2. The van der Waals surface area contributed by atoms with E-state index in [0.717, 1.165) is 29.7 Å². The van der Waals surface area contributed by atoms with Gasteiger partial charge in [0, 0.05) is 36.1 Å². The number of Topliss-reactive ketones (excluding diaryl/α,β-unsaturated/α-hetero) is 1. The Hall–Kier alpha value is -2.41. The Balaban J connectivity index is 1.17. The van der Waals surface area contributed by atoms with Gasteiger partial charge < -0.3 is 15.3 Å². The highest BCUT2D eigenvalue weighted by Crippen LogP contribution is 2.71. The summed E-state index contributed by atoms with van der Waals surface area (Å²) < 4.78 is 17.7. The van der Waals surface area contributed by atoms with Crippen molar-refractivity contribution in [3.63, 3.8) is 0 Å². The van der Waals surface area contributed by atoms with Crippen LogP contribution in [0.3, 0.4) is 0 Å². The van der Waals surface area contributed by atoms with Crippen molar-refractivity contribution in [2.45, 2.75) is 127 Å². The van der Waals surface area contributed by atoms with Crippen LogP contribution in [0.2, 0.25) is 0 Å². The van der Waals surface area contributed by atoms with Gasteiger partial charge in [-0.3, -0.25) is 24.1 Å². The molecule has 4 N–H and O–H groups in total. The second-order valence-corrected chi connectivity index (χ2v) is 16.7. The number of hydrazone groups is 1. The molecular weight excluding hydrogens is 649 g/mol. The Bertz CT molecular complexity index is 1420. The first-order valence-corrected chi connectivity index (χ1v) is 19.2. The number of likely N-dealkylation sites (tertiary alicyclic amines) is 1. The number of alkyl halides is 1. The van der Waals surface area contributed by atoms with Crippen molar-refractivity contribution < 1.29 is 38.9 Å². The average molecular weight is 704 g/mol. The number of aliphatic hydroxyl groups is 3. The van der Waals surface area contributed by atoms with Gasteiger partial charge in [-0.25, -0.2) is 9.82 Å². The maximum absolute atomic E-state index is 17.7. The van der Waals surface area contributed by atoms with E-state index < -0.39 is 52.4 Å². The zero-order valence-corrected chi connectivity index (χ0v) is 30.2. The van der Waals surface area contributed by atoms with E-state index in [4.69, 9.17) is 0 Å². The number of carbonyl (C=O) groups excluding carboxylic acids is 4. The van der Waals surface area contributed by atoms with Crippen LogP contribution in [0, 0.1) is 28.6 Å². The van der Waals surface area contributed by atoms with Crippen LogP contribution < -0.4 is 5.43 Å². The van der Waals surface area contributed by atoms with Gasteiger partial charge in [0.2, 0.25) is 17.7 Å². The highest BCUT2D eigenvalue weighted by molar-refractivity contribution is 8.00. The molecule has 3 amide bonds. The first-order valence-electron chi connectivity index (χ1n) is 18.1. The van der Waals surface area contributed by atoms with E-state index in [1.165, 1.54) is 4.90 Å². The Morgan fingerprint density at radius 1 is 1.18 bits per heavy atom. The number of imide groups is 1. The fraction of sp³-hybridized carbons (Fsp3) is 0.757. The standard InChI is InChI=1S/C37H54FN3O7S/c1-5-6-17-49-28-19-32(46)41(33(28)47)16-9-7-8-12-31(45)40-39-21-24-11-10-15-34(3)25(24)13-14-26-27-18-23(2)37(48,30(44)22-42)35(27,4)20-29(43)36(26,34)38/h10,15,21,23,26-29,42-43,48H,5-9,11-14,16-20,22H2,1-4H3,(H,40,45)/b39-21-/t23-,26+,27+,28?,29+,34+,35+,36+,37+/m1/s1. The van der Waals surface area contributed by atoms with Crippen molar-refractivity contribution in [1.82, 2.24) is 10.3 Å². The van der Waals surface area contributed by atoms with Crippen molar-refractivity contribution in [3.8, 4) is 0 Å². The van der Waals surface area contributed by atoms with Crippen LogP contribution in [-0.4, -0.2) is 91.5 Å². The highest BCUT2D eigenvalue weighted by Gasteiger charge is 2.75. The number of ketones is 1. The predicted molar refractivity (Wildman–Crippen MR) is 186 cm³/mol. The smallest absolute Gasteiger partial charge is 0.242 e. The van der Waals surface area contributed by atoms with Crippen molar-refractivity contribution >= 4 is 41.5 Å². The molecule has 1 saturated heterocycles. The van der Waals surface area contributed by atoms with Gasteiger partial charge in [-0.2, -0.15) is 5.10 Å². The fourth-order valence-corrected chi connectivity index (χ4v) is 11.3. The number of unbranched alkanes of at least 4 members (excludes halogenated alkanes) is 3. The number of hydrogen-bond donors (Lipinski definition) is 4. The van der Waals surface area contributed by atoms with E-state index in [9.17, 15) is 34.5 Å². The fourth-order valence-electron chi connectivity index (χ4n) is 10.1. The van der Waals surface area contributed by atoms with Gasteiger partial charge in [-0.15, -0.1) is 11.8 Å². The summed E-state index contributed by atoms with van der Waals surface area (Å²) in [7, 11) is 0.